The molecule has 2 aromatic carbocycles. The molecule has 0 bridgehead atoms. The molecule has 1 N–H and O–H groups in total. The summed E-state index contributed by atoms with van der Waals surface area (Å²) in [5.41, 5.74) is 1.92. The number of ether oxygens (including phenoxy) is 2. The van der Waals surface area contributed by atoms with Gasteiger partial charge < -0.3 is 19.1 Å². The summed E-state index contributed by atoms with van der Waals surface area (Å²) in [5, 5.41) is 10.2. The van der Waals surface area contributed by atoms with Crippen molar-refractivity contribution in [2.45, 2.75) is 12.6 Å². The van der Waals surface area contributed by atoms with Gasteiger partial charge in [0.2, 0.25) is 0 Å². The zero-order chi connectivity index (χ0) is 15.4. The quantitative estimate of drug-likeness (QED) is 0.759. The molecule has 0 aliphatic rings. The van der Waals surface area contributed by atoms with E-state index in [0.717, 1.165) is 16.8 Å². The van der Waals surface area contributed by atoms with E-state index in [1.165, 1.54) is 0 Å². The molecule has 0 radical (unpaired) electrons. The molecule has 22 heavy (non-hydrogen) atoms. The van der Waals surface area contributed by atoms with Crippen LogP contribution in [0, 0.1) is 0 Å². The van der Waals surface area contributed by atoms with Gasteiger partial charge >= 0.3 is 0 Å². The number of aliphatic hydroxyl groups excluding tert-OH is 1. The Morgan fingerprint density at radius 3 is 2.82 bits per heavy atom. The van der Waals surface area contributed by atoms with E-state index in [0.29, 0.717) is 12.3 Å². The Hall–Kier alpha value is -2.53. The smallest absolute Gasteiger partial charge is 0.123 e. The number of hydrogen-bond donors (Lipinski definition) is 1. The number of imidazole rings is 1. The molecule has 114 valence electrons. The molecule has 0 fully saturated rings. The van der Waals surface area contributed by atoms with Crippen molar-refractivity contribution in [2.24, 2.45) is 0 Å². The lowest BCUT2D eigenvalue weighted by atomic mass is 10.3. The number of aliphatic hydroxyl groups is 1. The van der Waals surface area contributed by atoms with E-state index < -0.39 is 6.10 Å². The SMILES string of the molecule is COc1cccc(OCC(O)Cn2cnc3ccccc32)c1. The van der Waals surface area contributed by atoms with Crippen LogP contribution in [0.3, 0.4) is 0 Å². The molecule has 3 rings (SSSR count). The van der Waals surface area contributed by atoms with E-state index in [4.69, 9.17) is 9.47 Å². The third-order valence-electron chi connectivity index (χ3n) is 3.42. The second-order valence-corrected chi connectivity index (χ2v) is 5.03. The molecule has 5 heteroatoms. The molecule has 0 saturated heterocycles. The van der Waals surface area contributed by atoms with Gasteiger partial charge in [0.1, 0.15) is 24.2 Å². The zero-order valence-electron chi connectivity index (χ0n) is 12.3. The van der Waals surface area contributed by atoms with Gasteiger partial charge in [-0.25, -0.2) is 4.98 Å². The maximum absolute atomic E-state index is 10.2. The van der Waals surface area contributed by atoms with Gasteiger partial charge in [0.15, 0.2) is 0 Å². The van der Waals surface area contributed by atoms with E-state index in [9.17, 15) is 5.11 Å². The summed E-state index contributed by atoms with van der Waals surface area (Å²) in [6.45, 7) is 0.643. The van der Waals surface area contributed by atoms with Crippen molar-refractivity contribution in [3.8, 4) is 11.5 Å². The van der Waals surface area contributed by atoms with Crippen LogP contribution in [0.5, 0.6) is 11.5 Å². The van der Waals surface area contributed by atoms with E-state index in [1.54, 1.807) is 19.5 Å². The highest BCUT2D eigenvalue weighted by Gasteiger charge is 2.09. The summed E-state index contributed by atoms with van der Waals surface area (Å²) in [6, 6.07) is 15.2. The lowest BCUT2D eigenvalue weighted by Crippen LogP contribution is -2.23. The van der Waals surface area contributed by atoms with Gasteiger partial charge in [0, 0.05) is 6.07 Å². The molecule has 0 aliphatic carbocycles. The van der Waals surface area contributed by atoms with Crippen LogP contribution in [0.1, 0.15) is 0 Å². The van der Waals surface area contributed by atoms with Crippen molar-refractivity contribution >= 4 is 11.0 Å². The molecule has 0 saturated carbocycles. The van der Waals surface area contributed by atoms with Crippen LogP contribution < -0.4 is 9.47 Å². The summed E-state index contributed by atoms with van der Waals surface area (Å²) in [6.07, 6.45) is 1.11. The van der Waals surface area contributed by atoms with Gasteiger partial charge in [-0.2, -0.15) is 0 Å². The second-order valence-electron chi connectivity index (χ2n) is 5.03. The van der Waals surface area contributed by atoms with Gasteiger partial charge in [-0.05, 0) is 24.3 Å². The average molecular weight is 298 g/mol. The topological polar surface area (TPSA) is 56.5 Å². The lowest BCUT2D eigenvalue weighted by molar-refractivity contribution is 0.0933. The number of para-hydroxylation sites is 2. The Bertz CT molecular complexity index is 754. The normalized spacial score (nSPS) is 12.3. The predicted molar refractivity (Wildman–Crippen MR) is 84.2 cm³/mol. The first-order valence-corrected chi connectivity index (χ1v) is 7.11. The fourth-order valence-electron chi connectivity index (χ4n) is 2.32. The molecule has 0 spiro atoms. The molecule has 0 amide bonds. The number of benzene rings is 2. The van der Waals surface area contributed by atoms with Crippen molar-refractivity contribution in [3.05, 3.63) is 54.9 Å². The Morgan fingerprint density at radius 2 is 1.95 bits per heavy atom. The van der Waals surface area contributed by atoms with E-state index >= 15 is 0 Å². The number of nitrogens with zero attached hydrogens (tertiary/aromatic N) is 2. The lowest BCUT2D eigenvalue weighted by Gasteiger charge is -2.14. The predicted octanol–water partition coefficient (Wildman–Crippen LogP) is 2.48. The highest BCUT2D eigenvalue weighted by atomic mass is 16.5. The van der Waals surface area contributed by atoms with Crippen molar-refractivity contribution < 1.29 is 14.6 Å². The minimum Gasteiger partial charge on any atom is -0.497 e. The van der Waals surface area contributed by atoms with Crippen LogP contribution in [0.2, 0.25) is 0 Å². The molecule has 1 heterocycles. The summed E-state index contributed by atoms with van der Waals surface area (Å²) in [7, 11) is 1.61. The summed E-state index contributed by atoms with van der Waals surface area (Å²) in [4.78, 5) is 4.31. The van der Waals surface area contributed by atoms with Crippen molar-refractivity contribution in [2.75, 3.05) is 13.7 Å². The van der Waals surface area contributed by atoms with Gasteiger partial charge in [0.05, 0.1) is 31.0 Å². The van der Waals surface area contributed by atoms with Crippen LogP contribution in [0.15, 0.2) is 54.9 Å². The zero-order valence-corrected chi connectivity index (χ0v) is 12.3. The maximum Gasteiger partial charge on any atom is 0.123 e. The van der Waals surface area contributed by atoms with E-state index in [2.05, 4.69) is 4.98 Å². The third kappa shape index (κ3) is 3.20. The summed E-state index contributed by atoms with van der Waals surface area (Å²) < 4.78 is 12.7. The second kappa shape index (κ2) is 6.49. The Kier molecular flexibility index (Phi) is 4.25. The molecule has 1 aromatic heterocycles. The molecule has 1 atom stereocenters. The van der Waals surface area contributed by atoms with Gasteiger partial charge in [0.25, 0.3) is 0 Å². The molecule has 0 aliphatic heterocycles. The Balaban J connectivity index is 1.61. The highest BCUT2D eigenvalue weighted by molar-refractivity contribution is 5.74. The number of methoxy groups -OCH3 is 1. The Labute approximate surface area is 128 Å². The fraction of sp³-hybridized carbons (Fsp3) is 0.235. The summed E-state index contributed by atoms with van der Waals surface area (Å²) >= 11 is 0. The maximum atomic E-state index is 10.2. The van der Waals surface area contributed by atoms with Crippen LogP contribution >= 0.6 is 0 Å². The minimum atomic E-state index is -0.621. The largest absolute Gasteiger partial charge is 0.497 e. The first-order chi connectivity index (χ1) is 10.8. The van der Waals surface area contributed by atoms with Gasteiger partial charge in [-0.1, -0.05) is 18.2 Å². The van der Waals surface area contributed by atoms with Crippen molar-refractivity contribution in [1.82, 2.24) is 9.55 Å². The van der Waals surface area contributed by atoms with Crippen molar-refractivity contribution in [1.29, 1.82) is 0 Å². The summed E-state index contributed by atoms with van der Waals surface area (Å²) in [5.74, 6) is 1.40. The van der Waals surface area contributed by atoms with Gasteiger partial charge in [-0.15, -0.1) is 0 Å². The van der Waals surface area contributed by atoms with Crippen molar-refractivity contribution in [3.63, 3.8) is 0 Å². The number of aromatic nitrogens is 2. The average Bonchev–Trinajstić information content (AvgIpc) is 2.96. The number of fused-ring (bicyclic) bond motifs is 1. The molecular formula is C17H18N2O3. The van der Waals surface area contributed by atoms with Crippen LogP contribution in [-0.2, 0) is 6.54 Å². The Morgan fingerprint density at radius 1 is 1.14 bits per heavy atom. The molecule has 3 aromatic rings. The van der Waals surface area contributed by atoms with E-state index in [-0.39, 0.29) is 6.61 Å². The van der Waals surface area contributed by atoms with Crippen LogP contribution in [0.25, 0.3) is 11.0 Å². The van der Waals surface area contributed by atoms with Crippen LogP contribution in [-0.4, -0.2) is 34.5 Å². The third-order valence-corrected chi connectivity index (χ3v) is 3.42. The first kappa shape index (κ1) is 14.4. The molecular weight excluding hydrogens is 280 g/mol. The van der Waals surface area contributed by atoms with E-state index in [1.807, 2.05) is 47.0 Å². The number of hydrogen-bond acceptors (Lipinski definition) is 4. The monoisotopic (exact) mass is 298 g/mol. The minimum absolute atomic E-state index is 0.208. The molecule has 1 unspecified atom stereocenters. The fourth-order valence-corrected chi connectivity index (χ4v) is 2.32. The molecule has 5 nitrogen and oxygen atoms in total. The van der Waals surface area contributed by atoms with Gasteiger partial charge in [-0.3, -0.25) is 0 Å². The highest BCUT2D eigenvalue weighted by Crippen LogP contribution is 2.19. The van der Waals surface area contributed by atoms with Crippen LogP contribution in [0.4, 0.5) is 0 Å². The number of rotatable bonds is 6. The first-order valence-electron chi connectivity index (χ1n) is 7.11. The standard InChI is InChI=1S/C17H18N2O3/c1-21-14-5-4-6-15(9-14)22-11-13(20)10-19-12-18-16-7-2-3-8-17(16)19/h2-9,12-13,20H,10-11H2,1H3.